The molecule has 0 fully saturated rings. The first-order valence-electron chi connectivity index (χ1n) is 10.3. The molecule has 28 heavy (non-hydrogen) atoms. The molecule has 0 unspecified atom stereocenters. The molecule has 1 N–H and O–H groups in total. The fourth-order valence-electron chi connectivity index (χ4n) is 2.52. The highest BCUT2D eigenvalue weighted by atomic mass is 28.4. The normalized spacial score (nSPS) is 13.7. The molecule has 0 aromatic heterocycles. The number of carbonyl (C=O) groups excluding carboxylic acids is 1. The zero-order chi connectivity index (χ0) is 21.2. The molecule has 0 saturated heterocycles. The van der Waals surface area contributed by atoms with Crippen molar-refractivity contribution in [1.82, 2.24) is 5.32 Å². The number of benzene rings is 1. The molecule has 4 nitrogen and oxygen atoms in total. The minimum Gasteiger partial charge on any atom is -0.445 e. The van der Waals surface area contributed by atoms with Gasteiger partial charge in [0.15, 0.2) is 8.32 Å². The Morgan fingerprint density at radius 3 is 2.39 bits per heavy atom. The third-order valence-corrected chi connectivity index (χ3v) is 9.72. The lowest BCUT2D eigenvalue weighted by Gasteiger charge is -2.37. The third-order valence-electron chi connectivity index (χ3n) is 5.22. The molecular formula is C23H39NO3Si. The van der Waals surface area contributed by atoms with Crippen molar-refractivity contribution < 1.29 is 14.0 Å². The van der Waals surface area contributed by atoms with Crippen molar-refractivity contribution in [1.29, 1.82) is 0 Å². The predicted octanol–water partition coefficient (Wildman–Crippen LogP) is 6.15. The van der Waals surface area contributed by atoms with Crippen LogP contribution in [0.25, 0.3) is 0 Å². The van der Waals surface area contributed by atoms with Gasteiger partial charge in [-0.3, -0.25) is 0 Å². The Kier molecular flexibility index (Phi) is 9.97. The highest BCUT2D eigenvalue weighted by molar-refractivity contribution is 6.74. The maximum atomic E-state index is 11.8. The third kappa shape index (κ3) is 9.56. The van der Waals surface area contributed by atoms with Crippen LogP contribution in [0.4, 0.5) is 4.79 Å². The number of nitrogens with one attached hydrogen (secondary N) is 1. The standard InChI is InChI=1S/C23H39NO3Si/c1-19(2)16-21(18-27-28(6,7)23(3,4)5)14-11-15-24-22(25)26-17-20-12-9-8-10-13-20/h8-14,19,21H,15-18H2,1-7H3,(H,24,25)/b14-11+/t21-/m0/s1. The van der Waals surface area contributed by atoms with E-state index in [0.717, 1.165) is 18.6 Å². The first-order chi connectivity index (χ1) is 13.0. The summed E-state index contributed by atoms with van der Waals surface area (Å²) >= 11 is 0. The van der Waals surface area contributed by atoms with Gasteiger partial charge in [-0.1, -0.05) is 77.1 Å². The smallest absolute Gasteiger partial charge is 0.407 e. The van der Waals surface area contributed by atoms with Crippen LogP contribution in [0, 0.1) is 11.8 Å². The predicted molar refractivity (Wildman–Crippen MR) is 120 cm³/mol. The highest BCUT2D eigenvalue weighted by Crippen LogP contribution is 2.37. The monoisotopic (exact) mass is 405 g/mol. The molecular weight excluding hydrogens is 366 g/mol. The first kappa shape index (κ1) is 24.4. The molecule has 1 atom stereocenters. The van der Waals surface area contributed by atoms with E-state index in [2.05, 4.69) is 59.1 Å². The Morgan fingerprint density at radius 1 is 1.18 bits per heavy atom. The number of ether oxygens (including phenoxy) is 1. The molecule has 5 heteroatoms. The van der Waals surface area contributed by atoms with Crippen LogP contribution in [0.3, 0.4) is 0 Å². The van der Waals surface area contributed by atoms with Crippen LogP contribution in [-0.4, -0.2) is 27.6 Å². The largest absolute Gasteiger partial charge is 0.445 e. The molecule has 1 rings (SSSR count). The average molecular weight is 406 g/mol. The van der Waals surface area contributed by atoms with E-state index in [1.54, 1.807) is 0 Å². The molecule has 0 aliphatic heterocycles. The van der Waals surface area contributed by atoms with Gasteiger partial charge in [0.05, 0.1) is 0 Å². The zero-order valence-electron chi connectivity index (χ0n) is 18.7. The number of alkyl carbamates (subject to hydrolysis) is 1. The van der Waals surface area contributed by atoms with Crippen molar-refractivity contribution in [2.24, 2.45) is 11.8 Å². The number of carbonyl (C=O) groups is 1. The van der Waals surface area contributed by atoms with E-state index in [0.29, 0.717) is 18.4 Å². The summed E-state index contributed by atoms with van der Waals surface area (Å²) in [6.45, 7) is 17.3. The number of hydrogen-bond acceptors (Lipinski definition) is 3. The molecule has 0 aliphatic carbocycles. The molecule has 1 amide bonds. The van der Waals surface area contributed by atoms with E-state index in [1.165, 1.54) is 0 Å². The molecule has 1 aromatic carbocycles. The van der Waals surface area contributed by atoms with E-state index in [4.69, 9.17) is 9.16 Å². The van der Waals surface area contributed by atoms with Crippen molar-refractivity contribution in [3.05, 3.63) is 48.0 Å². The van der Waals surface area contributed by atoms with Crippen LogP contribution in [0.1, 0.15) is 46.6 Å². The van der Waals surface area contributed by atoms with Gasteiger partial charge >= 0.3 is 6.09 Å². The Bertz CT molecular complexity index is 606. The topological polar surface area (TPSA) is 47.6 Å². The quantitative estimate of drug-likeness (QED) is 0.375. The van der Waals surface area contributed by atoms with Gasteiger partial charge in [-0.15, -0.1) is 0 Å². The second-order valence-corrected chi connectivity index (χ2v) is 14.1. The van der Waals surface area contributed by atoms with Crippen molar-refractivity contribution in [2.45, 2.75) is 65.8 Å². The fourth-order valence-corrected chi connectivity index (χ4v) is 3.58. The second kappa shape index (κ2) is 11.4. The molecule has 0 bridgehead atoms. The Hall–Kier alpha value is -1.59. The van der Waals surface area contributed by atoms with E-state index < -0.39 is 14.4 Å². The van der Waals surface area contributed by atoms with Crippen LogP contribution in [0.15, 0.2) is 42.5 Å². The lowest BCUT2D eigenvalue weighted by atomic mass is 9.97. The van der Waals surface area contributed by atoms with Crippen molar-refractivity contribution in [3.8, 4) is 0 Å². The maximum Gasteiger partial charge on any atom is 0.407 e. The summed E-state index contributed by atoms with van der Waals surface area (Å²) in [5.74, 6) is 0.956. The molecule has 0 heterocycles. The van der Waals surface area contributed by atoms with Gasteiger partial charge in [-0.25, -0.2) is 4.79 Å². The molecule has 0 saturated carbocycles. The summed E-state index contributed by atoms with van der Waals surface area (Å²) in [5.41, 5.74) is 0.980. The minimum atomic E-state index is -1.75. The van der Waals surface area contributed by atoms with Crippen LogP contribution in [0.2, 0.25) is 18.1 Å². The van der Waals surface area contributed by atoms with Gasteiger partial charge in [0.1, 0.15) is 6.61 Å². The second-order valence-electron chi connectivity index (χ2n) is 9.33. The minimum absolute atomic E-state index is 0.211. The molecule has 0 radical (unpaired) electrons. The van der Waals surface area contributed by atoms with E-state index in [-0.39, 0.29) is 11.6 Å². The van der Waals surface area contributed by atoms with Crippen LogP contribution in [0.5, 0.6) is 0 Å². The highest BCUT2D eigenvalue weighted by Gasteiger charge is 2.37. The van der Waals surface area contributed by atoms with Crippen LogP contribution < -0.4 is 5.32 Å². The van der Waals surface area contributed by atoms with Crippen molar-refractivity contribution in [2.75, 3.05) is 13.2 Å². The van der Waals surface area contributed by atoms with Gasteiger partial charge < -0.3 is 14.5 Å². The number of rotatable bonds is 10. The zero-order valence-corrected chi connectivity index (χ0v) is 19.7. The van der Waals surface area contributed by atoms with Gasteiger partial charge in [-0.2, -0.15) is 0 Å². The van der Waals surface area contributed by atoms with Crippen molar-refractivity contribution in [3.63, 3.8) is 0 Å². The average Bonchev–Trinajstić information content (AvgIpc) is 2.61. The molecule has 0 spiro atoms. The van der Waals surface area contributed by atoms with Crippen LogP contribution >= 0.6 is 0 Å². The van der Waals surface area contributed by atoms with E-state index in [1.807, 2.05) is 36.4 Å². The fraction of sp³-hybridized carbons (Fsp3) is 0.609. The lowest BCUT2D eigenvalue weighted by Crippen LogP contribution is -2.41. The summed E-state index contributed by atoms with van der Waals surface area (Å²) in [4.78, 5) is 11.8. The van der Waals surface area contributed by atoms with Crippen molar-refractivity contribution >= 4 is 14.4 Å². The van der Waals surface area contributed by atoms with Gasteiger partial charge in [0.25, 0.3) is 0 Å². The Morgan fingerprint density at radius 2 is 1.82 bits per heavy atom. The summed E-state index contributed by atoms with van der Waals surface area (Å²) in [6, 6.07) is 9.68. The first-order valence-corrected chi connectivity index (χ1v) is 13.2. The summed E-state index contributed by atoms with van der Waals surface area (Å²) in [7, 11) is -1.75. The Labute approximate surface area is 172 Å². The van der Waals surface area contributed by atoms with Crippen LogP contribution in [-0.2, 0) is 15.8 Å². The van der Waals surface area contributed by atoms with E-state index >= 15 is 0 Å². The molecule has 0 aliphatic rings. The summed E-state index contributed by atoms with van der Waals surface area (Å²) in [6.07, 6.45) is 4.85. The van der Waals surface area contributed by atoms with Gasteiger partial charge in [0.2, 0.25) is 0 Å². The maximum absolute atomic E-state index is 11.8. The lowest BCUT2D eigenvalue weighted by molar-refractivity contribution is 0.140. The van der Waals surface area contributed by atoms with Gasteiger partial charge in [-0.05, 0) is 42.0 Å². The number of hydrogen-bond donors (Lipinski definition) is 1. The number of amides is 1. The Balaban J connectivity index is 2.43. The van der Waals surface area contributed by atoms with Gasteiger partial charge in [0, 0.05) is 13.2 Å². The SMILES string of the molecule is CC(C)C[C@H](/C=C/CNC(=O)OCc1ccccc1)CO[Si](C)(C)C(C)(C)C. The molecule has 1 aromatic rings. The summed E-state index contributed by atoms with van der Waals surface area (Å²) < 4.78 is 11.6. The summed E-state index contributed by atoms with van der Waals surface area (Å²) in [5, 5.41) is 2.99. The van der Waals surface area contributed by atoms with E-state index in [9.17, 15) is 4.79 Å². The molecule has 158 valence electrons.